The van der Waals surface area contributed by atoms with Crippen molar-refractivity contribution in [1.29, 1.82) is 0 Å². The van der Waals surface area contributed by atoms with Crippen LogP contribution >= 0.6 is 0 Å². The Kier molecular flexibility index (Phi) is 3.52. The van der Waals surface area contributed by atoms with Crippen LogP contribution in [-0.2, 0) is 6.42 Å². The predicted molar refractivity (Wildman–Crippen MR) is 76.4 cm³/mol. The first-order valence-electron chi connectivity index (χ1n) is 6.82. The summed E-state index contributed by atoms with van der Waals surface area (Å²) >= 11 is 0. The molecule has 0 aliphatic heterocycles. The van der Waals surface area contributed by atoms with Crippen molar-refractivity contribution >= 4 is 5.65 Å². The summed E-state index contributed by atoms with van der Waals surface area (Å²) in [6.07, 6.45) is 4.55. The number of hydrogen-bond donors (Lipinski definition) is 1. The minimum atomic E-state index is 0.123. The van der Waals surface area contributed by atoms with Crippen LogP contribution in [0.4, 0.5) is 0 Å². The lowest BCUT2D eigenvalue weighted by Crippen LogP contribution is -2.31. The van der Waals surface area contributed by atoms with E-state index in [2.05, 4.69) is 29.4 Å². The molecule has 5 nitrogen and oxygen atoms in total. The summed E-state index contributed by atoms with van der Waals surface area (Å²) in [6, 6.07) is 10.2. The number of nitrogens with one attached hydrogen (secondary N) is 1. The molecule has 0 radical (unpaired) electrons. The number of rotatable bonds is 5. The quantitative estimate of drug-likeness (QED) is 0.774. The summed E-state index contributed by atoms with van der Waals surface area (Å²) in [6.45, 7) is 4.24. The van der Waals surface area contributed by atoms with Crippen LogP contribution in [0.15, 0.2) is 47.2 Å². The van der Waals surface area contributed by atoms with Crippen molar-refractivity contribution in [1.82, 2.24) is 19.9 Å². The zero-order valence-corrected chi connectivity index (χ0v) is 11.7. The van der Waals surface area contributed by atoms with E-state index in [1.807, 2.05) is 40.9 Å². The Morgan fingerprint density at radius 3 is 2.90 bits per heavy atom. The second-order valence-corrected chi connectivity index (χ2v) is 5.06. The molecule has 0 spiro atoms. The minimum Gasteiger partial charge on any atom is -0.469 e. The molecule has 3 rings (SSSR count). The molecule has 0 bridgehead atoms. The molecule has 0 aromatic carbocycles. The molecule has 0 amide bonds. The van der Waals surface area contributed by atoms with Crippen molar-refractivity contribution in [2.45, 2.75) is 32.4 Å². The van der Waals surface area contributed by atoms with Gasteiger partial charge >= 0.3 is 0 Å². The highest BCUT2D eigenvalue weighted by molar-refractivity contribution is 5.37. The first-order chi connectivity index (χ1) is 9.74. The summed E-state index contributed by atoms with van der Waals surface area (Å²) in [5, 5.41) is 12.0. The van der Waals surface area contributed by atoms with Crippen LogP contribution in [0.1, 0.15) is 31.5 Å². The van der Waals surface area contributed by atoms with Crippen LogP contribution < -0.4 is 5.32 Å². The largest absolute Gasteiger partial charge is 0.469 e. The van der Waals surface area contributed by atoms with Gasteiger partial charge in [0.2, 0.25) is 0 Å². The van der Waals surface area contributed by atoms with E-state index in [0.29, 0.717) is 6.04 Å². The van der Waals surface area contributed by atoms with Gasteiger partial charge in [0.1, 0.15) is 5.76 Å². The van der Waals surface area contributed by atoms with E-state index in [4.69, 9.17) is 4.42 Å². The Balaban J connectivity index is 1.71. The molecule has 5 heteroatoms. The Morgan fingerprint density at radius 1 is 1.20 bits per heavy atom. The zero-order valence-electron chi connectivity index (χ0n) is 11.7. The number of fused-ring (bicyclic) bond motifs is 1. The number of nitrogens with zero attached hydrogens (tertiary/aromatic N) is 3. The highest BCUT2D eigenvalue weighted by Gasteiger charge is 2.16. The lowest BCUT2D eigenvalue weighted by molar-refractivity contribution is 0.420. The van der Waals surface area contributed by atoms with Crippen molar-refractivity contribution in [2.24, 2.45) is 0 Å². The first-order valence-corrected chi connectivity index (χ1v) is 6.82. The minimum absolute atomic E-state index is 0.123. The SMILES string of the molecule is CC(Cc1ccco1)NC(C)c1nnc2ccccn12. The van der Waals surface area contributed by atoms with Gasteiger partial charge in [-0.2, -0.15) is 0 Å². The van der Waals surface area contributed by atoms with Crippen LogP contribution in [0.3, 0.4) is 0 Å². The van der Waals surface area contributed by atoms with Crippen molar-refractivity contribution in [2.75, 3.05) is 0 Å². The molecule has 2 atom stereocenters. The fraction of sp³-hybridized carbons (Fsp3) is 0.333. The zero-order chi connectivity index (χ0) is 13.9. The molecular weight excluding hydrogens is 252 g/mol. The maximum absolute atomic E-state index is 5.37. The molecule has 2 unspecified atom stereocenters. The van der Waals surface area contributed by atoms with Gasteiger partial charge in [-0.3, -0.25) is 4.40 Å². The van der Waals surface area contributed by atoms with Crippen LogP contribution in [0.25, 0.3) is 5.65 Å². The molecule has 3 heterocycles. The Morgan fingerprint density at radius 2 is 2.10 bits per heavy atom. The van der Waals surface area contributed by atoms with Crippen LogP contribution in [-0.4, -0.2) is 20.6 Å². The van der Waals surface area contributed by atoms with Crippen molar-refractivity contribution in [3.05, 3.63) is 54.4 Å². The van der Waals surface area contributed by atoms with Crippen molar-refractivity contribution in [3.63, 3.8) is 0 Å². The average Bonchev–Trinajstić information content (AvgIpc) is 3.07. The van der Waals surface area contributed by atoms with Crippen molar-refractivity contribution in [3.8, 4) is 0 Å². The molecule has 1 N–H and O–H groups in total. The van der Waals surface area contributed by atoms with Gasteiger partial charge in [-0.25, -0.2) is 0 Å². The topological polar surface area (TPSA) is 55.4 Å². The van der Waals surface area contributed by atoms with E-state index < -0.39 is 0 Å². The third-order valence-corrected chi connectivity index (χ3v) is 3.35. The van der Waals surface area contributed by atoms with E-state index in [1.54, 1.807) is 6.26 Å². The Hall–Kier alpha value is -2.14. The lowest BCUT2D eigenvalue weighted by atomic mass is 10.1. The maximum Gasteiger partial charge on any atom is 0.160 e. The van der Waals surface area contributed by atoms with E-state index >= 15 is 0 Å². The van der Waals surface area contributed by atoms with Gasteiger partial charge in [0.05, 0.1) is 12.3 Å². The van der Waals surface area contributed by atoms with Gasteiger partial charge in [0.25, 0.3) is 0 Å². The summed E-state index contributed by atoms with van der Waals surface area (Å²) in [5.74, 6) is 1.91. The van der Waals surface area contributed by atoms with Crippen LogP contribution in [0, 0.1) is 0 Å². The molecule has 0 aliphatic rings. The highest BCUT2D eigenvalue weighted by atomic mass is 16.3. The Labute approximate surface area is 117 Å². The smallest absolute Gasteiger partial charge is 0.160 e. The lowest BCUT2D eigenvalue weighted by Gasteiger charge is -2.18. The second kappa shape index (κ2) is 5.46. The van der Waals surface area contributed by atoms with Gasteiger partial charge in [0.15, 0.2) is 11.5 Å². The number of aromatic nitrogens is 3. The molecule has 20 heavy (non-hydrogen) atoms. The maximum atomic E-state index is 5.37. The van der Waals surface area contributed by atoms with E-state index in [0.717, 1.165) is 23.7 Å². The van der Waals surface area contributed by atoms with E-state index in [1.165, 1.54) is 0 Å². The van der Waals surface area contributed by atoms with E-state index in [-0.39, 0.29) is 6.04 Å². The monoisotopic (exact) mass is 270 g/mol. The normalized spacial score (nSPS) is 14.5. The predicted octanol–water partition coefficient (Wildman–Crippen LogP) is 2.60. The molecule has 0 saturated carbocycles. The number of furan rings is 1. The fourth-order valence-corrected chi connectivity index (χ4v) is 2.45. The third-order valence-electron chi connectivity index (χ3n) is 3.35. The average molecular weight is 270 g/mol. The Bertz CT molecular complexity index is 674. The molecule has 0 saturated heterocycles. The molecule has 0 fully saturated rings. The summed E-state index contributed by atoms with van der Waals surface area (Å²) in [5.41, 5.74) is 0.870. The summed E-state index contributed by atoms with van der Waals surface area (Å²) in [7, 11) is 0. The van der Waals surface area contributed by atoms with Gasteiger partial charge in [-0.1, -0.05) is 6.07 Å². The first kappa shape index (κ1) is 12.9. The molecule has 104 valence electrons. The van der Waals surface area contributed by atoms with Crippen LogP contribution in [0.5, 0.6) is 0 Å². The molecular formula is C15H18N4O. The van der Waals surface area contributed by atoms with Gasteiger partial charge in [-0.15, -0.1) is 10.2 Å². The third kappa shape index (κ3) is 2.58. The number of hydrogen-bond acceptors (Lipinski definition) is 4. The molecule has 3 aromatic heterocycles. The van der Waals surface area contributed by atoms with E-state index in [9.17, 15) is 0 Å². The fourth-order valence-electron chi connectivity index (χ4n) is 2.45. The second-order valence-electron chi connectivity index (χ2n) is 5.06. The van der Waals surface area contributed by atoms with Crippen molar-refractivity contribution < 1.29 is 4.42 Å². The highest BCUT2D eigenvalue weighted by Crippen LogP contribution is 2.13. The van der Waals surface area contributed by atoms with Crippen LogP contribution in [0.2, 0.25) is 0 Å². The standard InChI is InChI=1S/C15H18N4O/c1-11(10-13-6-5-9-20-13)16-12(2)15-18-17-14-7-3-4-8-19(14)15/h3-9,11-12,16H,10H2,1-2H3. The van der Waals surface area contributed by atoms with Gasteiger partial charge in [0, 0.05) is 18.7 Å². The van der Waals surface area contributed by atoms with Gasteiger partial charge in [-0.05, 0) is 38.1 Å². The number of pyridine rings is 1. The van der Waals surface area contributed by atoms with Gasteiger partial charge < -0.3 is 9.73 Å². The molecule has 0 aliphatic carbocycles. The molecule has 3 aromatic rings. The summed E-state index contributed by atoms with van der Waals surface area (Å²) in [4.78, 5) is 0. The summed E-state index contributed by atoms with van der Waals surface area (Å²) < 4.78 is 7.38.